The van der Waals surface area contributed by atoms with E-state index >= 15 is 0 Å². The Labute approximate surface area is 257 Å². The quantitative estimate of drug-likeness (QED) is 0.220. The van der Waals surface area contributed by atoms with Crippen LogP contribution in [0.4, 0.5) is 11.4 Å². The highest BCUT2D eigenvalue weighted by Gasteiger charge is 2.28. The van der Waals surface area contributed by atoms with E-state index in [1.165, 1.54) is 11.3 Å². The first kappa shape index (κ1) is 27.3. The van der Waals surface area contributed by atoms with Crippen LogP contribution in [0.3, 0.4) is 0 Å². The molecule has 6 nitrogen and oxygen atoms in total. The zero-order chi connectivity index (χ0) is 29.3. The summed E-state index contributed by atoms with van der Waals surface area (Å²) in [5, 5.41) is 4.16. The van der Waals surface area contributed by atoms with Crippen LogP contribution in [0.5, 0.6) is 5.75 Å². The van der Waals surface area contributed by atoms with E-state index in [2.05, 4.69) is 75.2 Å². The maximum atomic E-state index is 6.59. The first-order valence-corrected chi connectivity index (χ1v) is 15.0. The molecule has 4 heterocycles. The Kier molecular flexibility index (Phi) is 7.39. The summed E-state index contributed by atoms with van der Waals surface area (Å²) < 4.78 is 12.3. The maximum absolute atomic E-state index is 6.59. The van der Waals surface area contributed by atoms with Crippen molar-refractivity contribution in [1.29, 1.82) is 0 Å². The minimum Gasteiger partial charge on any atom is -0.496 e. The maximum Gasteiger partial charge on any atom is 0.154 e. The average Bonchev–Trinajstić information content (AvgIpc) is 3.44. The Morgan fingerprint density at radius 1 is 0.953 bits per heavy atom. The lowest BCUT2D eigenvalue weighted by Gasteiger charge is -2.32. The van der Waals surface area contributed by atoms with Gasteiger partial charge in [-0.05, 0) is 71.3 Å². The molecule has 43 heavy (non-hydrogen) atoms. The molecular formula is C36H33ClN4O2. The summed E-state index contributed by atoms with van der Waals surface area (Å²) in [7, 11) is 1.70. The van der Waals surface area contributed by atoms with Crippen LogP contribution in [0, 0.1) is 0 Å². The second-order valence-corrected chi connectivity index (χ2v) is 11.4. The first-order valence-electron chi connectivity index (χ1n) is 14.6. The van der Waals surface area contributed by atoms with Crippen LogP contribution in [0.15, 0.2) is 102 Å². The number of rotatable bonds is 6. The summed E-state index contributed by atoms with van der Waals surface area (Å²) in [6.45, 7) is 9.19. The van der Waals surface area contributed by atoms with Gasteiger partial charge in [0.25, 0.3) is 0 Å². The highest BCUT2D eigenvalue weighted by atomic mass is 35.5. The summed E-state index contributed by atoms with van der Waals surface area (Å²) in [5.41, 5.74) is 9.74. The molecule has 0 spiro atoms. The van der Waals surface area contributed by atoms with E-state index in [0.717, 1.165) is 89.1 Å². The van der Waals surface area contributed by atoms with Gasteiger partial charge in [0.15, 0.2) is 5.76 Å². The predicted molar refractivity (Wildman–Crippen MR) is 175 cm³/mol. The topological polar surface area (TPSA) is 53.8 Å². The van der Waals surface area contributed by atoms with Gasteiger partial charge in [-0.1, -0.05) is 42.4 Å². The van der Waals surface area contributed by atoms with Gasteiger partial charge in [-0.25, -0.2) is 0 Å². The van der Waals surface area contributed by atoms with Crippen molar-refractivity contribution >= 4 is 28.7 Å². The number of aromatic nitrogens is 1. The number of halogens is 1. The smallest absolute Gasteiger partial charge is 0.154 e. The fraction of sp³-hybridized carbons (Fsp3) is 0.194. The molecule has 3 aromatic carbocycles. The van der Waals surface area contributed by atoms with Gasteiger partial charge in [-0.15, -0.1) is 0 Å². The molecule has 7 rings (SSSR count). The van der Waals surface area contributed by atoms with E-state index < -0.39 is 0 Å². The third-order valence-electron chi connectivity index (χ3n) is 8.38. The number of nitrogens with zero attached hydrogens (tertiary/aromatic N) is 3. The van der Waals surface area contributed by atoms with Crippen molar-refractivity contribution in [3.05, 3.63) is 125 Å². The molecule has 0 unspecified atom stereocenters. The van der Waals surface area contributed by atoms with E-state index in [1.807, 2.05) is 36.5 Å². The van der Waals surface area contributed by atoms with Gasteiger partial charge >= 0.3 is 0 Å². The van der Waals surface area contributed by atoms with Gasteiger partial charge in [0.1, 0.15) is 11.5 Å². The van der Waals surface area contributed by atoms with Crippen LogP contribution in [0.25, 0.3) is 28.1 Å². The lowest BCUT2D eigenvalue weighted by Crippen LogP contribution is -2.43. The molecule has 1 saturated heterocycles. The molecule has 2 aliphatic heterocycles. The van der Waals surface area contributed by atoms with Crippen molar-refractivity contribution in [2.75, 3.05) is 43.1 Å². The van der Waals surface area contributed by atoms with Crippen LogP contribution >= 0.6 is 11.6 Å². The Morgan fingerprint density at radius 3 is 2.58 bits per heavy atom. The number of nitrogens with one attached hydrogen (secondary N) is 1. The molecule has 0 atom stereocenters. The molecule has 1 N–H and O–H groups in total. The van der Waals surface area contributed by atoms with E-state index in [9.17, 15) is 0 Å². The molecule has 0 amide bonds. The van der Waals surface area contributed by atoms with Gasteiger partial charge in [-0.3, -0.25) is 4.98 Å². The molecule has 0 radical (unpaired) electrons. The van der Waals surface area contributed by atoms with Crippen LogP contribution < -0.4 is 19.9 Å². The minimum atomic E-state index is 0.601. The summed E-state index contributed by atoms with van der Waals surface area (Å²) in [6.07, 6.45) is 4.37. The number of benzene rings is 3. The molecule has 216 valence electrons. The van der Waals surface area contributed by atoms with E-state index in [4.69, 9.17) is 20.8 Å². The fourth-order valence-electron chi connectivity index (χ4n) is 6.16. The van der Waals surface area contributed by atoms with Gasteiger partial charge in [0, 0.05) is 84.6 Å². The Balaban J connectivity index is 1.34. The number of ether oxygens (including phenoxy) is 1. The van der Waals surface area contributed by atoms with E-state index in [1.54, 1.807) is 13.3 Å². The van der Waals surface area contributed by atoms with Gasteiger partial charge in [0.2, 0.25) is 0 Å². The molecular weight excluding hydrogens is 556 g/mol. The van der Waals surface area contributed by atoms with Crippen molar-refractivity contribution in [2.24, 2.45) is 0 Å². The number of anilines is 2. The monoisotopic (exact) mass is 588 g/mol. The van der Waals surface area contributed by atoms with Crippen molar-refractivity contribution in [1.82, 2.24) is 10.3 Å². The Hall–Kier alpha value is -4.52. The number of hydrogen-bond acceptors (Lipinski definition) is 6. The zero-order valence-corrected chi connectivity index (χ0v) is 24.9. The number of fused-ring (bicyclic) bond motifs is 2. The SMILES string of the molecule is C=C1c2oc(-c3ccc(Cl)cc3)cc2Cc2cc(N3CCNCC3)ccc2N1Cc1ccccc1-c1cnccc1OC. The zero-order valence-electron chi connectivity index (χ0n) is 24.1. The minimum absolute atomic E-state index is 0.601. The molecule has 5 aromatic rings. The Bertz CT molecular complexity index is 1790. The standard InChI is InChI=1S/C36H33ClN4O2/c1-24-36-28(21-35(43-36)25-7-9-29(37)10-8-25)19-27-20-30(40-17-15-38-16-18-40)11-12-33(27)41(24)23-26-5-3-4-6-31(26)32-22-39-14-13-34(32)42-2/h3-14,20-22,38H,1,15-19,23H2,2H3. The van der Waals surface area contributed by atoms with Crippen LogP contribution in [0.2, 0.25) is 5.02 Å². The van der Waals surface area contributed by atoms with Crippen LogP contribution in [0.1, 0.15) is 22.5 Å². The van der Waals surface area contributed by atoms with Crippen molar-refractivity contribution < 1.29 is 9.15 Å². The lowest BCUT2D eigenvalue weighted by atomic mass is 9.99. The molecule has 0 bridgehead atoms. The van der Waals surface area contributed by atoms with E-state index in [-0.39, 0.29) is 0 Å². The highest BCUT2D eigenvalue weighted by Crippen LogP contribution is 2.43. The van der Waals surface area contributed by atoms with Gasteiger partial charge in [-0.2, -0.15) is 0 Å². The van der Waals surface area contributed by atoms with Crippen molar-refractivity contribution in [3.8, 4) is 28.2 Å². The fourth-order valence-corrected chi connectivity index (χ4v) is 6.29. The van der Waals surface area contributed by atoms with Crippen molar-refractivity contribution in [3.63, 3.8) is 0 Å². The van der Waals surface area contributed by atoms with Crippen LogP contribution in [-0.2, 0) is 13.0 Å². The summed E-state index contributed by atoms with van der Waals surface area (Å²) in [4.78, 5) is 9.15. The molecule has 7 heteroatoms. The summed E-state index contributed by atoms with van der Waals surface area (Å²) in [6, 6.07) is 27.1. The molecule has 2 aliphatic rings. The largest absolute Gasteiger partial charge is 0.496 e. The van der Waals surface area contributed by atoms with Gasteiger partial charge < -0.3 is 24.3 Å². The third kappa shape index (κ3) is 5.29. The number of methoxy groups -OCH3 is 1. The number of furan rings is 1. The third-order valence-corrected chi connectivity index (χ3v) is 8.63. The number of pyridine rings is 1. The second-order valence-electron chi connectivity index (χ2n) is 11.0. The Morgan fingerprint density at radius 2 is 1.77 bits per heavy atom. The molecule has 0 aliphatic carbocycles. The molecule has 0 saturated carbocycles. The average molecular weight is 589 g/mol. The molecule has 2 aromatic heterocycles. The summed E-state index contributed by atoms with van der Waals surface area (Å²) >= 11 is 6.18. The highest BCUT2D eigenvalue weighted by molar-refractivity contribution is 6.30. The van der Waals surface area contributed by atoms with Crippen LogP contribution in [-0.4, -0.2) is 38.3 Å². The molecule has 1 fully saturated rings. The number of piperazine rings is 1. The van der Waals surface area contributed by atoms with E-state index in [0.29, 0.717) is 11.6 Å². The lowest BCUT2D eigenvalue weighted by molar-refractivity contribution is 0.416. The van der Waals surface area contributed by atoms with Gasteiger partial charge in [0.05, 0.1) is 12.8 Å². The predicted octanol–water partition coefficient (Wildman–Crippen LogP) is 7.66. The summed E-state index contributed by atoms with van der Waals surface area (Å²) in [5.74, 6) is 2.41. The number of hydrogen-bond donors (Lipinski definition) is 1. The first-order chi connectivity index (χ1) is 21.1. The normalized spacial score (nSPS) is 14.7. The second kappa shape index (κ2) is 11.6. The van der Waals surface area contributed by atoms with Crippen molar-refractivity contribution in [2.45, 2.75) is 13.0 Å².